The van der Waals surface area contributed by atoms with Gasteiger partial charge in [-0.2, -0.15) is 0 Å². The lowest BCUT2D eigenvalue weighted by molar-refractivity contribution is 0.0690. The van der Waals surface area contributed by atoms with Crippen LogP contribution < -0.4 is 5.32 Å². The summed E-state index contributed by atoms with van der Waals surface area (Å²) in [5.41, 5.74) is 2.32. The molecule has 6 heterocycles. The number of rotatable bonds is 0. The lowest BCUT2D eigenvalue weighted by atomic mass is 10.0. The molecule has 0 spiro atoms. The molecule has 0 amide bonds. The fraction of sp³-hybridized carbons (Fsp3) is 1.00. The second kappa shape index (κ2) is 26.3. The van der Waals surface area contributed by atoms with Crippen molar-refractivity contribution < 1.29 is 4.74 Å². The van der Waals surface area contributed by atoms with Crippen molar-refractivity contribution in [1.82, 2.24) is 34.7 Å². The Balaban J connectivity index is 0.000000349. The van der Waals surface area contributed by atoms with Crippen molar-refractivity contribution in [2.45, 2.75) is 222 Å². The maximum Gasteiger partial charge on any atom is 0.0593 e. The average molecular weight is 822 g/mol. The van der Waals surface area contributed by atoms with Crippen LogP contribution in [0.15, 0.2) is 0 Å². The van der Waals surface area contributed by atoms with Gasteiger partial charge in [-0.1, -0.05) is 12.8 Å². The normalized spacial score (nSPS) is 23.1. The van der Waals surface area contributed by atoms with Gasteiger partial charge in [-0.3, -0.25) is 29.4 Å². The number of piperidine rings is 2. The van der Waals surface area contributed by atoms with E-state index in [4.69, 9.17) is 4.74 Å². The van der Waals surface area contributed by atoms with E-state index in [1.165, 1.54) is 136 Å². The number of hydrogen-bond donors (Lipinski definition) is 1. The van der Waals surface area contributed by atoms with Gasteiger partial charge >= 0.3 is 0 Å². The summed E-state index contributed by atoms with van der Waals surface area (Å²) in [6.45, 7) is 60.4. The van der Waals surface area contributed by atoms with E-state index in [0.717, 1.165) is 32.8 Å². The van der Waals surface area contributed by atoms with Crippen LogP contribution in [-0.2, 0) is 4.74 Å². The van der Waals surface area contributed by atoms with Crippen molar-refractivity contribution >= 4 is 0 Å². The van der Waals surface area contributed by atoms with Crippen molar-refractivity contribution in [2.24, 2.45) is 0 Å². The smallest absolute Gasteiger partial charge is 0.0593 e. The molecule has 1 N–H and O–H groups in total. The van der Waals surface area contributed by atoms with E-state index >= 15 is 0 Å². The van der Waals surface area contributed by atoms with Crippen LogP contribution in [0, 0.1) is 0 Å². The molecule has 8 nitrogen and oxygen atoms in total. The second-order valence-corrected chi connectivity index (χ2v) is 23.8. The van der Waals surface area contributed by atoms with Crippen LogP contribution in [0.1, 0.15) is 189 Å². The van der Waals surface area contributed by atoms with E-state index in [0.29, 0.717) is 33.2 Å². The van der Waals surface area contributed by atoms with Gasteiger partial charge in [0.15, 0.2) is 0 Å². The Kier molecular flexibility index (Phi) is 25.3. The van der Waals surface area contributed by atoms with E-state index in [-0.39, 0.29) is 0 Å². The molecule has 6 saturated heterocycles. The lowest BCUT2D eigenvalue weighted by Crippen LogP contribution is -2.51. The third-order valence-electron chi connectivity index (χ3n) is 12.7. The van der Waals surface area contributed by atoms with Gasteiger partial charge in [0.1, 0.15) is 0 Å². The fourth-order valence-electron chi connectivity index (χ4n) is 8.26. The summed E-state index contributed by atoms with van der Waals surface area (Å²) in [4.78, 5) is 15.2. The molecule has 0 aromatic rings. The molecule has 58 heavy (non-hydrogen) atoms. The van der Waals surface area contributed by atoms with Gasteiger partial charge in [-0.15, -0.1) is 0 Å². The van der Waals surface area contributed by atoms with Gasteiger partial charge in [-0.05, 0) is 228 Å². The zero-order valence-corrected chi connectivity index (χ0v) is 43.0. The first-order chi connectivity index (χ1) is 26.6. The van der Waals surface area contributed by atoms with E-state index in [1.54, 1.807) is 0 Å². The Hall–Kier alpha value is -0.320. The van der Waals surface area contributed by atoms with Crippen LogP contribution >= 0.6 is 0 Å². The number of piperazine rings is 1. The first kappa shape index (κ1) is 55.7. The standard InChI is InChI=1S/C9H19NO.2C9H19N.C8H18N2.C8H17N.C7H15N/c1-9(2,3)10-5-4-7-11-8-6-10;2*1-9(2,3)10-7-5-4-6-8-10;1-8(2,3)10-6-4-9-5-7-10;1-8(2,3)9-6-4-5-7-9;1-7(2,3)8-5-4-6-8/h4-8H2,1-3H3;2*4-8H2,1-3H3;9H,4-7H2,1-3H3;4-7H2,1-3H3;4-6H2,1-3H3. The maximum absolute atomic E-state index is 5.38. The fourth-order valence-corrected chi connectivity index (χ4v) is 8.26. The molecule has 348 valence electrons. The molecule has 6 rings (SSSR count). The quantitative estimate of drug-likeness (QED) is 0.259. The Morgan fingerprint density at radius 1 is 0.259 bits per heavy atom. The van der Waals surface area contributed by atoms with Gasteiger partial charge in [0.05, 0.1) is 6.61 Å². The highest BCUT2D eigenvalue weighted by atomic mass is 16.5. The number of nitrogens with zero attached hydrogens (tertiary/aromatic N) is 6. The molecule has 6 aliphatic rings. The second-order valence-electron chi connectivity index (χ2n) is 23.8. The van der Waals surface area contributed by atoms with Crippen molar-refractivity contribution in [3.63, 3.8) is 0 Å². The highest BCUT2D eigenvalue weighted by molar-refractivity contribution is 4.83. The Morgan fingerprint density at radius 3 is 0.741 bits per heavy atom. The van der Waals surface area contributed by atoms with Crippen LogP contribution in [0.3, 0.4) is 0 Å². The molecule has 6 fully saturated rings. The van der Waals surface area contributed by atoms with Crippen LogP contribution in [-0.4, -0.2) is 167 Å². The monoisotopic (exact) mass is 822 g/mol. The number of likely N-dealkylation sites (tertiary alicyclic amines) is 4. The Labute approximate surface area is 365 Å². The predicted octanol–water partition coefficient (Wildman–Crippen LogP) is 10.1. The molecule has 0 radical (unpaired) electrons. The number of hydrogen-bond acceptors (Lipinski definition) is 8. The highest BCUT2D eigenvalue weighted by Gasteiger charge is 2.27. The van der Waals surface area contributed by atoms with Crippen LogP contribution in [0.25, 0.3) is 0 Å². The van der Waals surface area contributed by atoms with Gasteiger partial charge < -0.3 is 10.1 Å². The minimum absolute atomic E-state index is 0.313. The summed E-state index contributed by atoms with van der Waals surface area (Å²) in [5, 5.41) is 3.35. The lowest BCUT2D eigenvalue weighted by Gasteiger charge is -2.42. The topological polar surface area (TPSA) is 40.7 Å². The third kappa shape index (κ3) is 25.0. The summed E-state index contributed by atoms with van der Waals surface area (Å²) in [6.07, 6.45) is 13.9. The zero-order valence-electron chi connectivity index (χ0n) is 43.0. The minimum Gasteiger partial charge on any atom is -0.380 e. The molecule has 0 atom stereocenters. The van der Waals surface area contributed by atoms with Crippen LogP contribution in [0.4, 0.5) is 0 Å². The van der Waals surface area contributed by atoms with Gasteiger partial charge in [0.25, 0.3) is 0 Å². The largest absolute Gasteiger partial charge is 0.380 e. The summed E-state index contributed by atoms with van der Waals surface area (Å²) >= 11 is 0. The first-order valence-corrected chi connectivity index (χ1v) is 24.4. The molecular weight excluding hydrogens is 715 g/mol. The van der Waals surface area contributed by atoms with Gasteiger partial charge in [0, 0.05) is 79.1 Å². The minimum atomic E-state index is 0.313. The summed E-state index contributed by atoms with van der Waals surface area (Å²) in [6, 6.07) is 0. The average Bonchev–Trinajstić information content (AvgIpc) is 3.51. The maximum atomic E-state index is 5.38. The van der Waals surface area contributed by atoms with Gasteiger partial charge in [-0.25, -0.2) is 0 Å². The molecule has 0 saturated carbocycles. The van der Waals surface area contributed by atoms with E-state index in [1.807, 2.05) is 0 Å². The first-order valence-electron chi connectivity index (χ1n) is 24.4. The van der Waals surface area contributed by atoms with E-state index in [2.05, 4.69) is 159 Å². The Morgan fingerprint density at radius 2 is 0.500 bits per heavy atom. The molecule has 8 heteroatoms. The van der Waals surface area contributed by atoms with Crippen molar-refractivity contribution in [3.8, 4) is 0 Å². The van der Waals surface area contributed by atoms with Crippen molar-refractivity contribution in [3.05, 3.63) is 0 Å². The molecule has 0 aliphatic carbocycles. The zero-order chi connectivity index (χ0) is 44.3. The number of ether oxygens (including phenoxy) is 1. The highest BCUT2D eigenvalue weighted by Crippen LogP contribution is 2.22. The molecule has 0 bridgehead atoms. The van der Waals surface area contributed by atoms with Gasteiger partial charge in [0.2, 0.25) is 0 Å². The van der Waals surface area contributed by atoms with E-state index in [9.17, 15) is 0 Å². The van der Waals surface area contributed by atoms with Crippen molar-refractivity contribution in [2.75, 3.05) is 105 Å². The van der Waals surface area contributed by atoms with Crippen LogP contribution in [0.5, 0.6) is 0 Å². The molecular formula is C50H107N7O. The van der Waals surface area contributed by atoms with Crippen LogP contribution in [0.2, 0.25) is 0 Å². The Bertz CT molecular complexity index is 921. The SMILES string of the molecule is CC(C)(C)N1CCC1.CC(C)(C)N1CCCC1.CC(C)(C)N1CCCCC1.CC(C)(C)N1CCCCC1.CC(C)(C)N1CCCOCC1.CC(C)(C)N1CCNCC1. The van der Waals surface area contributed by atoms with E-state index < -0.39 is 0 Å². The molecule has 0 aromatic heterocycles. The summed E-state index contributed by atoms with van der Waals surface area (Å²) < 4.78 is 5.38. The predicted molar refractivity (Wildman–Crippen MR) is 258 cm³/mol. The molecule has 0 aromatic carbocycles. The number of nitrogens with one attached hydrogen (secondary N) is 1. The summed E-state index contributed by atoms with van der Waals surface area (Å²) in [5.74, 6) is 0. The van der Waals surface area contributed by atoms with Crippen molar-refractivity contribution in [1.29, 1.82) is 0 Å². The third-order valence-corrected chi connectivity index (χ3v) is 12.7. The molecule has 6 aliphatic heterocycles. The molecule has 0 unspecified atom stereocenters. The summed E-state index contributed by atoms with van der Waals surface area (Å²) in [7, 11) is 0.